The molecule has 1 N–H and O–H groups in total. The van der Waals surface area contributed by atoms with Gasteiger partial charge in [0.05, 0.1) is 12.9 Å². The second-order valence-electron chi connectivity index (χ2n) is 4.39. The Kier molecular flexibility index (Phi) is 3.72. The predicted octanol–water partition coefficient (Wildman–Crippen LogP) is 1.24. The number of rotatable bonds is 5. The number of benzene rings is 1. The van der Waals surface area contributed by atoms with Crippen molar-refractivity contribution in [3.05, 3.63) is 66.3 Å². The lowest BCUT2D eigenvalue weighted by atomic mass is 10.2. The number of nitrogens with one attached hydrogen (secondary N) is 1. The Morgan fingerprint density at radius 1 is 1.29 bits per heavy atom. The van der Waals surface area contributed by atoms with Gasteiger partial charge >= 0.3 is 0 Å². The van der Waals surface area contributed by atoms with Gasteiger partial charge in [0.1, 0.15) is 6.54 Å². The highest BCUT2D eigenvalue weighted by Crippen LogP contribution is 2.02. The molecule has 0 spiro atoms. The summed E-state index contributed by atoms with van der Waals surface area (Å²) in [4.78, 5) is 20.0. The minimum atomic E-state index is -0.170. The Hall–Kier alpha value is -2.96. The molecule has 1 amide bonds. The van der Waals surface area contributed by atoms with Crippen LogP contribution >= 0.6 is 0 Å². The van der Waals surface area contributed by atoms with E-state index >= 15 is 0 Å². The van der Waals surface area contributed by atoms with Crippen LogP contribution in [0, 0.1) is 0 Å². The second-order valence-corrected chi connectivity index (χ2v) is 4.39. The zero-order valence-electron chi connectivity index (χ0n) is 11.1. The summed E-state index contributed by atoms with van der Waals surface area (Å²) in [5, 5.41) is 6.57. The molecular formula is C14H13N5O2. The Balaban J connectivity index is 1.56. The van der Waals surface area contributed by atoms with Gasteiger partial charge in [-0.1, -0.05) is 23.4 Å². The molecule has 1 aromatic carbocycles. The molecule has 0 aliphatic heterocycles. The molecule has 0 fully saturated rings. The first-order valence-electron chi connectivity index (χ1n) is 6.42. The van der Waals surface area contributed by atoms with Crippen molar-refractivity contribution in [3.8, 4) is 0 Å². The van der Waals surface area contributed by atoms with Crippen LogP contribution < -0.4 is 5.32 Å². The predicted molar refractivity (Wildman–Crippen MR) is 73.2 cm³/mol. The Bertz CT molecular complexity index is 706. The van der Waals surface area contributed by atoms with Crippen LogP contribution in [-0.2, 0) is 13.1 Å². The molecule has 7 heteroatoms. The third kappa shape index (κ3) is 3.33. The van der Waals surface area contributed by atoms with E-state index in [4.69, 9.17) is 4.52 Å². The maximum Gasteiger partial charge on any atom is 0.251 e. The standard InChI is InChI=1S/C14H13N5O2/c20-14(11-4-2-1-3-5-11)16-8-12-17-13(21-18-12)9-19-7-6-15-10-19/h1-7,10H,8-9H2,(H,16,20). The van der Waals surface area contributed by atoms with Gasteiger partial charge in [0.15, 0.2) is 5.82 Å². The van der Waals surface area contributed by atoms with Gasteiger partial charge in [0.25, 0.3) is 5.91 Å². The highest BCUT2D eigenvalue weighted by molar-refractivity contribution is 5.93. The third-order valence-corrected chi connectivity index (χ3v) is 2.83. The molecule has 0 bridgehead atoms. The van der Waals surface area contributed by atoms with E-state index in [-0.39, 0.29) is 12.5 Å². The number of aromatic nitrogens is 4. The van der Waals surface area contributed by atoms with Crippen LogP contribution in [0.1, 0.15) is 22.1 Å². The van der Waals surface area contributed by atoms with Gasteiger partial charge < -0.3 is 14.4 Å². The van der Waals surface area contributed by atoms with Crippen LogP contribution in [0.5, 0.6) is 0 Å². The number of carbonyl (C=O) groups excluding carboxylic acids is 1. The smallest absolute Gasteiger partial charge is 0.251 e. The van der Waals surface area contributed by atoms with E-state index in [1.807, 2.05) is 22.8 Å². The molecule has 0 aliphatic carbocycles. The van der Waals surface area contributed by atoms with Gasteiger partial charge in [-0.2, -0.15) is 4.98 Å². The van der Waals surface area contributed by atoms with Gasteiger partial charge in [0, 0.05) is 18.0 Å². The first-order chi connectivity index (χ1) is 10.3. The maximum absolute atomic E-state index is 11.9. The minimum absolute atomic E-state index is 0.170. The number of hydrogen-bond donors (Lipinski definition) is 1. The summed E-state index contributed by atoms with van der Waals surface area (Å²) in [5.41, 5.74) is 0.597. The zero-order chi connectivity index (χ0) is 14.5. The first-order valence-corrected chi connectivity index (χ1v) is 6.42. The summed E-state index contributed by atoms with van der Waals surface area (Å²) in [5.74, 6) is 0.739. The summed E-state index contributed by atoms with van der Waals surface area (Å²) in [6, 6.07) is 8.98. The molecule has 3 rings (SSSR count). The molecule has 21 heavy (non-hydrogen) atoms. The van der Waals surface area contributed by atoms with Crippen LogP contribution in [0.3, 0.4) is 0 Å². The monoisotopic (exact) mass is 283 g/mol. The van der Waals surface area contributed by atoms with Crippen LogP contribution in [0.15, 0.2) is 53.6 Å². The van der Waals surface area contributed by atoms with Crippen molar-refractivity contribution in [1.82, 2.24) is 25.0 Å². The molecule has 7 nitrogen and oxygen atoms in total. The van der Waals surface area contributed by atoms with Gasteiger partial charge in [0.2, 0.25) is 5.89 Å². The fourth-order valence-electron chi connectivity index (χ4n) is 1.81. The average molecular weight is 283 g/mol. The summed E-state index contributed by atoms with van der Waals surface area (Å²) >= 11 is 0. The second kappa shape index (κ2) is 6.00. The molecular weight excluding hydrogens is 270 g/mol. The quantitative estimate of drug-likeness (QED) is 0.761. The zero-order valence-corrected chi connectivity index (χ0v) is 11.1. The molecule has 0 aliphatic rings. The molecule has 0 unspecified atom stereocenters. The molecule has 106 valence electrons. The Morgan fingerprint density at radius 3 is 2.90 bits per heavy atom. The molecule has 3 aromatic rings. The van der Waals surface area contributed by atoms with E-state index in [1.54, 1.807) is 30.9 Å². The maximum atomic E-state index is 11.9. The highest BCUT2D eigenvalue weighted by atomic mass is 16.5. The fourth-order valence-corrected chi connectivity index (χ4v) is 1.81. The van der Waals surface area contributed by atoms with Gasteiger partial charge in [-0.3, -0.25) is 4.79 Å². The van der Waals surface area contributed by atoms with Crippen LogP contribution in [0.2, 0.25) is 0 Å². The van der Waals surface area contributed by atoms with Crippen LogP contribution in [0.4, 0.5) is 0 Å². The fraction of sp³-hybridized carbons (Fsp3) is 0.143. The van der Waals surface area contributed by atoms with Gasteiger partial charge in [-0.05, 0) is 12.1 Å². The van der Waals surface area contributed by atoms with E-state index < -0.39 is 0 Å². The Morgan fingerprint density at radius 2 is 2.14 bits per heavy atom. The van der Waals surface area contributed by atoms with Crippen molar-refractivity contribution in [2.75, 3.05) is 0 Å². The number of carbonyl (C=O) groups is 1. The number of hydrogen-bond acceptors (Lipinski definition) is 5. The lowest BCUT2D eigenvalue weighted by Gasteiger charge is -2.01. The van der Waals surface area contributed by atoms with E-state index in [2.05, 4.69) is 20.4 Å². The average Bonchev–Trinajstić information content (AvgIpc) is 3.18. The Labute approximate surface area is 120 Å². The summed E-state index contributed by atoms with van der Waals surface area (Å²) in [6.45, 7) is 0.681. The third-order valence-electron chi connectivity index (χ3n) is 2.83. The van der Waals surface area contributed by atoms with Gasteiger partial charge in [-0.25, -0.2) is 4.98 Å². The number of amides is 1. The van der Waals surface area contributed by atoms with Crippen molar-refractivity contribution in [2.24, 2.45) is 0 Å². The molecule has 0 radical (unpaired) electrons. The lowest BCUT2D eigenvalue weighted by molar-refractivity contribution is 0.0949. The largest absolute Gasteiger partial charge is 0.345 e. The molecule has 0 saturated carbocycles. The SMILES string of the molecule is O=C(NCc1noc(Cn2ccnc2)n1)c1ccccc1. The normalized spacial score (nSPS) is 10.5. The van der Waals surface area contributed by atoms with Crippen LogP contribution in [-0.4, -0.2) is 25.6 Å². The first kappa shape index (κ1) is 13.0. The van der Waals surface area contributed by atoms with E-state index in [0.717, 1.165) is 0 Å². The highest BCUT2D eigenvalue weighted by Gasteiger charge is 2.09. The van der Waals surface area contributed by atoms with Crippen molar-refractivity contribution in [3.63, 3.8) is 0 Å². The summed E-state index contributed by atoms with van der Waals surface area (Å²) in [7, 11) is 0. The topological polar surface area (TPSA) is 85.8 Å². The lowest BCUT2D eigenvalue weighted by Crippen LogP contribution is -2.23. The van der Waals surface area contributed by atoms with E-state index in [1.165, 1.54) is 0 Å². The van der Waals surface area contributed by atoms with Crippen molar-refractivity contribution >= 4 is 5.91 Å². The molecule has 2 heterocycles. The minimum Gasteiger partial charge on any atom is -0.345 e. The number of nitrogens with zero attached hydrogens (tertiary/aromatic N) is 4. The number of imidazole rings is 1. The van der Waals surface area contributed by atoms with E-state index in [9.17, 15) is 4.79 Å². The molecule has 0 saturated heterocycles. The molecule has 2 aromatic heterocycles. The van der Waals surface area contributed by atoms with Crippen molar-refractivity contribution in [2.45, 2.75) is 13.1 Å². The summed E-state index contributed by atoms with van der Waals surface area (Å²) in [6.07, 6.45) is 5.15. The van der Waals surface area contributed by atoms with E-state index in [0.29, 0.717) is 23.8 Å². The van der Waals surface area contributed by atoms with Gasteiger partial charge in [-0.15, -0.1) is 0 Å². The van der Waals surface area contributed by atoms with Crippen molar-refractivity contribution < 1.29 is 9.32 Å². The van der Waals surface area contributed by atoms with Crippen LogP contribution in [0.25, 0.3) is 0 Å². The summed E-state index contributed by atoms with van der Waals surface area (Å²) < 4.78 is 6.93. The van der Waals surface area contributed by atoms with Crippen molar-refractivity contribution in [1.29, 1.82) is 0 Å². The molecule has 0 atom stereocenters.